The average Bonchev–Trinajstić information content (AvgIpc) is 3.34. The molecule has 4 aromatic rings. The number of amides is 1. The molecular formula is C28H25N9O. The second kappa shape index (κ2) is 10.4. The van der Waals surface area contributed by atoms with Crippen LogP contribution in [0.4, 0.5) is 11.8 Å². The molecule has 1 aliphatic heterocycles. The largest absolute Gasteiger partial charge is 0.377 e. The van der Waals surface area contributed by atoms with Gasteiger partial charge < -0.3 is 16.0 Å². The maximum absolute atomic E-state index is 12.9. The number of pyridine rings is 1. The molecule has 1 aromatic carbocycles. The molecule has 0 spiro atoms. The van der Waals surface area contributed by atoms with Gasteiger partial charge in [0.1, 0.15) is 11.6 Å². The summed E-state index contributed by atoms with van der Waals surface area (Å²) in [6.07, 6.45) is 9.29. The van der Waals surface area contributed by atoms with Crippen molar-refractivity contribution < 1.29 is 4.79 Å². The number of carbonyl (C=O) groups excluding carboxylic acids is 1. The van der Waals surface area contributed by atoms with Gasteiger partial charge in [0.05, 0.1) is 34.5 Å². The van der Waals surface area contributed by atoms with Crippen LogP contribution in [0.3, 0.4) is 0 Å². The summed E-state index contributed by atoms with van der Waals surface area (Å²) in [4.78, 5) is 28.5. The highest BCUT2D eigenvalue weighted by molar-refractivity contribution is 6.04. The highest BCUT2D eigenvalue weighted by Crippen LogP contribution is 2.34. The van der Waals surface area contributed by atoms with Gasteiger partial charge in [-0.15, -0.1) is 0 Å². The zero-order valence-electron chi connectivity index (χ0n) is 20.8. The number of nitrogens with zero attached hydrogens (tertiary/aromatic N) is 7. The average molecular weight is 504 g/mol. The number of nitrogens with one attached hydrogen (secondary N) is 1. The van der Waals surface area contributed by atoms with Gasteiger partial charge in [-0.05, 0) is 62.4 Å². The number of aromatic nitrogens is 4. The summed E-state index contributed by atoms with van der Waals surface area (Å²) in [6, 6.07) is 14.0. The maximum Gasteiger partial charge on any atom is 0.256 e. The molecule has 0 bridgehead atoms. The predicted molar refractivity (Wildman–Crippen MR) is 143 cm³/mol. The lowest BCUT2D eigenvalue weighted by Crippen LogP contribution is -2.30. The molecule has 4 heterocycles. The first kappa shape index (κ1) is 24.5. The van der Waals surface area contributed by atoms with Crippen molar-refractivity contribution >= 4 is 23.2 Å². The second-order valence-electron chi connectivity index (χ2n) is 9.03. The summed E-state index contributed by atoms with van der Waals surface area (Å²) in [7, 11) is 0. The number of rotatable bonds is 5. The molecule has 3 aromatic heterocycles. The van der Waals surface area contributed by atoms with E-state index in [9.17, 15) is 10.1 Å². The monoisotopic (exact) mass is 503 g/mol. The SMILES string of the molecule is CC=CN1CCCC(c2nc(-c3ccc(C(=O)Nc4cc(C#N)ccn4)cc3C#N)n3c(N)nccc23)C1. The summed E-state index contributed by atoms with van der Waals surface area (Å²) in [5.41, 5.74) is 9.55. The Morgan fingerprint density at radius 1 is 1.16 bits per heavy atom. The highest BCUT2D eigenvalue weighted by atomic mass is 16.1. The van der Waals surface area contributed by atoms with Crippen molar-refractivity contribution in [2.45, 2.75) is 25.7 Å². The molecule has 3 N–H and O–H groups in total. The summed E-state index contributed by atoms with van der Waals surface area (Å²) in [6.45, 7) is 3.85. The van der Waals surface area contributed by atoms with Crippen molar-refractivity contribution in [1.82, 2.24) is 24.3 Å². The lowest BCUT2D eigenvalue weighted by atomic mass is 9.94. The first-order valence-electron chi connectivity index (χ1n) is 12.2. The molecule has 1 saturated heterocycles. The van der Waals surface area contributed by atoms with E-state index in [1.165, 1.54) is 18.3 Å². The number of carbonyl (C=O) groups is 1. The van der Waals surface area contributed by atoms with Crippen molar-refractivity contribution in [2.75, 3.05) is 24.1 Å². The smallest absolute Gasteiger partial charge is 0.256 e. The number of hydrogen-bond donors (Lipinski definition) is 2. The Balaban J connectivity index is 1.53. The quantitative estimate of drug-likeness (QED) is 0.414. The minimum atomic E-state index is -0.447. The molecule has 10 heteroatoms. The Kier molecular flexibility index (Phi) is 6.70. The number of hydrogen-bond acceptors (Lipinski definition) is 8. The number of likely N-dealkylation sites (tertiary alicyclic amines) is 1. The van der Waals surface area contributed by atoms with E-state index in [0.29, 0.717) is 17.0 Å². The minimum absolute atomic E-state index is 0.192. The zero-order chi connectivity index (χ0) is 26.6. The standard InChI is InChI=1S/C28H25N9O/c1-2-11-36-12-3-4-20(17-36)25-23-8-10-33-28(31)37(23)26(35-25)22-6-5-19(14-21(22)16-30)27(38)34-24-13-18(15-29)7-9-32-24/h2,5-11,13-14,20H,3-4,12,17H2,1H3,(H2,31,33)(H,32,34,38). The van der Waals surface area contributed by atoms with E-state index in [0.717, 1.165) is 37.1 Å². The lowest BCUT2D eigenvalue weighted by Gasteiger charge is -2.31. The molecule has 0 radical (unpaired) electrons. The maximum atomic E-state index is 12.9. The van der Waals surface area contributed by atoms with Crippen LogP contribution in [0.25, 0.3) is 16.9 Å². The van der Waals surface area contributed by atoms with Crippen molar-refractivity contribution in [3.8, 4) is 23.5 Å². The van der Waals surface area contributed by atoms with Crippen LogP contribution in [-0.4, -0.2) is 43.2 Å². The van der Waals surface area contributed by atoms with Crippen molar-refractivity contribution in [3.05, 3.63) is 83.5 Å². The number of nitriles is 2. The predicted octanol–water partition coefficient (Wildman–Crippen LogP) is 4.08. The summed E-state index contributed by atoms with van der Waals surface area (Å²) >= 11 is 0. The number of anilines is 2. The Morgan fingerprint density at radius 2 is 2.00 bits per heavy atom. The zero-order valence-corrected chi connectivity index (χ0v) is 20.8. The van der Waals surface area contributed by atoms with Gasteiger partial charge >= 0.3 is 0 Å². The molecule has 38 heavy (non-hydrogen) atoms. The second-order valence-corrected chi connectivity index (χ2v) is 9.03. The molecule has 1 aliphatic rings. The highest BCUT2D eigenvalue weighted by Gasteiger charge is 2.27. The fourth-order valence-electron chi connectivity index (χ4n) is 4.87. The number of fused-ring (bicyclic) bond motifs is 1. The fourth-order valence-corrected chi connectivity index (χ4v) is 4.87. The van der Waals surface area contributed by atoms with E-state index in [2.05, 4.69) is 32.5 Å². The number of allylic oxidation sites excluding steroid dienone is 1. The summed E-state index contributed by atoms with van der Waals surface area (Å²) < 4.78 is 1.77. The number of piperidine rings is 1. The van der Waals surface area contributed by atoms with Gasteiger partial charge in [-0.3, -0.25) is 9.20 Å². The minimum Gasteiger partial charge on any atom is -0.377 e. The van der Waals surface area contributed by atoms with Crippen LogP contribution in [0, 0.1) is 22.7 Å². The van der Waals surface area contributed by atoms with Gasteiger partial charge in [0.2, 0.25) is 5.95 Å². The number of nitrogens with two attached hydrogens (primary N) is 1. The summed E-state index contributed by atoms with van der Waals surface area (Å²) in [5.74, 6) is 0.774. The van der Waals surface area contributed by atoms with Crippen LogP contribution in [0.2, 0.25) is 0 Å². The van der Waals surface area contributed by atoms with Crippen LogP contribution in [-0.2, 0) is 0 Å². The van der Waals surface area contributed by atoms with Gasteiger partial charge in [-0.1, -0.05) is 6.08 Å². The van der Waals surface area contributed by atoms with E-state index >= 15 is 0 Å². The normalized spacial score (nSPS) is 15.3. The fraction of sp³-hybridized carbons (Fsp3) is 0.214. The van der Waals surface area contributed by atoms with E-state index in [4.69, 9.17) is 16.0 Å². The lowest BCUT2D eigenvalue weighted by molar-refractivity contribution is 0.102. The third kappa shape index (κ3) is 4.63. The van der Waals surface area contributed by atoms with E-state index in [-0.39, 0.29) is 28.8 Å². The van der Waals surface area contributed by atoms with Crippen LogP contribution in [0.5, 0.6) is 0 Å². The first-order valence-corrected chi connectivity index (χ1v) is 12.2. The molecule has 1 fully saturated rings. The molecule has 188 valence electrons. The van der Waals surface area contributed by atoms with Gasteiger partial charge in [0.15, 0.2) is 0 Å². The molecule has 1 atom stereocenters. The van der Waals surface area contributed by atoms with Gasteiger partial charge in [0.25, 0.3) is 5.91 Å². The molecule has 0 aliphatic carbocycles. The third-order valence-electron chi connectivity index (χ3n) is 6.58. The van der Waals surface area contributed by atoms with E-state index in [1.807, 2.05) is 25.1 Å². The van der Waals surface area contributed by atoms with Gasteiger partial charge in [0, 0.05) is 42.5 Å². The third-order valence-corrected chi connectivity index (χ3v) is 6.58. The van der Waals surface area contributed by atoms with Crippen molar-refractivity contribution in [3.63, 3.8) is 0 Å². The number of benzene rings is 1. The number of imidazole rings is 1. The van der Waals surface area contributed by atoms with Gasteiger partial charge in [-0.25, -0.2) is 15.0 Å². The Bertz CT molecular complexity index is 1640. The van der Waals surface area contributed by atoms with E-state index in [1.54, 1.807) is 28.8 Å². The topological polar surface area (TPSA) is 149 Å². The molecule has 1 amide bonds. The van der Waals surface area contributed by atoms with Crippen molar-refractivity contribution in [1.29, 1.82) is 10.5 Å². The molecule has 0 saturated carbocycles. The van der Waals surface area contributed by atoms with Crippen LogP contribution in [0.1, 0.15) is 52.9 Å². The first-order chi connectivity index (χ1) is 18.5. The number of nitrogen functional groups attached to an aromatic ring is 1. The Labute approximate surface area is 219 Å². The van der Waals surface area contributed by atoms with Crippen LogP contribution < -0.4 is 11.1 Å². The Hall–Kier alpha value is -5.22. The molecule has 1 unspecified atom stereocenters. The molecular weight excluding hydrogens is 478 g/mol. The molecule has 5 rings (SSSR count). The molecule has 10 nitrogen and oxygen atoms in total. The Morgan fingerprint density at radius 3 is 2.79 bits per heavy atom. The van der Waals surface area contributed by atoms with Crippen LogP contribution in [0.15, 0.2) is 61.1 Å². The van der Waals surface area contributed by atoms with Crippen molar-refractivity contribution in [2.24, 2.45) is 0 Å². The summed E-state index contributed by atoms with van der Waals surface area (Å²) in [5, 5.41) is 21.8. The van der Waals surface area contributed by atoms with Crippen LogP contribution >= 0.6 is 0 Å². The van der Waals surface area contributed by atoms with E-state index < -0.39 is 5.91 Å². The van der Waals surface area contributed by atoms with Gasteiger partial charge in [-0.2, -0.15) is 10.5 Å².